The molecular formula is C21H18N2O4. The highest BCUT2D eigenvalue weighted by molar-refractivity contribution is 5.95. The van der Waals surface area contributed by atoms with Crippen LogP contribution in [0.4, 0.5) is 5.69 Å². The van der Waals surface area contributed by atoms with Crippen LogP contribution in [0, 0.1) is 18.3 Å². The molecule has 0 aliphatic heterocycles. The summed E-state index contributed by atoms with van der Waals surface area (Å²) in [5.41, 5.74) is 3.39. The van der Waals surface area contributed by atoms with Gasteiger partial charge < -0.3 is 14.5 Å². The molecular weight excluding hydrogens is 344 g/mol. The highest BCUT2D eigenvalue weighted by atomic mass is 16.5. The Balaban J connectivity index is 1.61. The van der Waals surface area contributed by atoms with Crippen molar-refractivity contribution in [1.29, 1.82) is 5.26 Å². The number of aryl methyl sites for hydroxylation is 1. The molecule has 0 saturated carbocycles. The van der Waals surface area contributed by atoms with Gasteiger partial charge in [-0.3, -0.25) is 9.59 Å². The molecule has 0 spiro atoms. The average molecular weight is 362 g/mol. The monoisotopic (exact) mass is 362 g/mol. The lowest BCUT2D eigenvalue weighted by molar-refractivity contribution is -0.152. The lowest BCUT2D eigenvalue weighted by Gasteiger charge is -2.13. The molecule has 2 aromatic carbocycles. The number of nitriles is 1. The number of anilines is 1. The van der Waals surface area contributed by atoms with Crippen molar-refractivity contribution in [1.82, 2.24) is 0 Å². The molecule has 136 valence electrons. The van der Waals surface area contributed by atoms with E-state index in [1.807, 2.05) is 31.2 Å². The van der Waals surface area contributed by atoms with Crippen molar-refractivity contribution >= 4 is 28.5 Å². The first-order valence-corrected chi connectivity index (χ1v) is 8.43. The van der Waals surface area contributed by atoms with Crippen LogP contribution in [0.3, 0.4) is 0 Å². The maximum Gasteiger partial charge on any atom is 0.311 e. The minimum Gasteiger partial charge on any atom is -0.464 e. The fourth-order valence-electron chi connectivity index (χ4n) is 2.69. The molecule has 6 nitrogen and oxygen atoms in total. The zero-order valence-corrected chi connectivity index (χ0v) is 15.0. The van der Waals surface area contributed by atoms with Crippen molar-refractivity contribution in [3.05, 3.63) is 65.4 Å². The van der Waals surface area contributed by atoms with Gasteiger partial charge in [0.15, 0.2) is 6.10 Å². The number of hydrogen-bond donors (Lipinski definition) is 1. The SMILES string of the molecule is Cc1ccc2c(CC(=O)O[C@H](C)C(=O)Nc3cccc(C#N)c3)coc2c1. The standard InChI is InChI=1S/C21H18N2O4/c1-13-6-7-18-16(12-26-19(18)8-13)10-20(24)27-14(2)21(25)23-17-5-3-4-15(9-17)11-22/h3-9,12,14H,10H2,1-2H3,(H,23,25)/t14-/m1/s1. The van der Waals surface area contributed by atoms with Gasteiger partial charge in [0.1, 0.15) is 5.58 Å². The fraction of sp³-hybridized carbons (Fsp3) is 0.190. The van der Waals surface area contributed by atoms with Crippen LogP contribution in [-0.4, -0.2) is 18.0 Å². The molecule has 1 aromatic heterocycles. The molecule has 27 heavy (non-hydrogen) atoms. The molecule has 0 saturated heterocycles. The van der Waals surface area contributed by atoms with E-state index in [0.29, 0.717) is 22.4 Å². The Labute approximate surface area is 156 Å². The highest BCUT2D eigenvalue weighted by Gasteiger charge is 2.19. The number of carbonyl (C=O) groups is 2. The van der Waals surface area contributed by atoms with Gasteiger partial charge >= 0.3 is 5.97 Å². The summed E-state index contributed by atoms with van der Waals surface area (Å²) in [5, 5.41) is 12.4. The van der Waals surface area contributed by atoms with E-state index >= 15 is 0 Å². The zero-order chi connectivity index (χ0) is 19.4. The summed E-state index contributed by atoms with van der Waals surface area (Å²) >= 11 is 0. The molecule has 1 amide bonds. The van der Waals surface area contributed by atoms with Crippen LogP contribution in [-0.2, 0) is 20.7 Å². The third-order valence-corrected chi connectivity index (χ3v) is 4.08. The normalized spacial score (nSPS) is 11.6. The molecule has 3 aromatic rings. The molecule has 0 aliphatic carbocycles. The van der Waals surface area contributed by atoms with E-state index in [1.54, 1.807) is 24.3 Å². The second-order valence-electron chi connectivity index (χ2n) is 6.25. The summed E-state index contributed by atoms with van der Waals surface area (Å²) in [4.78, 5) is 24.4. The summed E-state index contributed by atoms with van der Waals surface area (Å²) in [5.74, 6) is -0.988. The molecule has 3 rings (SSSR count). The molecule has 0 unspecified atom stereocenters. The molecule has 0 bridgehead atoms. The van der Waals surface area contributed by atoms with Crippen molar-refractivity contribution in [3.63, 3.8) is 0 Å². The van der Waals surface area contributed by atoms with E-state index in [-0.39, 0.29) is 6.42 Å². The lowest BCUT2D eigenvalue weighted by atomic mass is 10.1. The Kier molecular flexibility index (Phi) is 5.23. The highest BCUT2D eigenvalue weighted by Crippen LogP contribution is 2.23. The number of benzene rings is 2. The number of hydrogen-bond acceptors (Lipinski definition) is 5. The first kappa shape index (κ1) is 18.2. The van der Waals surface area contributed by atoms with Gasteiger partial charge in [-0.05, 0) is 43.7 Å². The van der Waals surface area contributed by atoms with Gasteiger partial charge in [0.05, 0.1) is 24.3 Å². The lowest BCUT2D eigenvalue weighted by Crippen LogP contribution is -2.30. The van der Waals surface area contributed by atoms with Crippen molar-refractivity contribution < 1.29 is 18.7 Å². The third-order valence-electron chi connectivity index (χ3n) is 4.08. The van der Waals surface area contributed by atoms with Gasteiger partial charge in [0.25, 0.3) is 5.91 Å². The van der Waals surface area contributed by atoms with Crippen LogP contribution in [0.2, 0.25) is 0 Å². The summed E-state index contributed by atoms with van der Waals surface area (Å²) in [6, 6.07) is 14.2. The molecule has 6 heteroatoms. The number of nitrogens with zero attached hydrogens (tertiary/aromatic N) is 1. The fourth-order valence-corrected chi connectivity index (χ4v) is 2.69. The number of furan rings is 1. The van der Waals surface area contributed by atoms with Crippen LogP contribution < -0.4 is 5.32 Å². The molecule has 0 radical (unpaired) electrons. The molecule has 0 aliphatic rings. The van der Waals surface area contributed by atoms with Crippen molar-refractivity contribution in [3.8, 4) is 6.07 Å². The summed E-state index contributed by atoms with van der Waals surface area (Å²) in [7, 11) is 0. The predicted molar refractivity (Wildman–Crippen MR) is 100.0 cm³/mol. The second-order valence-corrected chi connectivity index (χ2v) is 6.25. The van der Waals surface area contributed by atoms with Gasteiger partial charge in [-0.15, -0.1) is 0 Å². The van der Waals surface area contributed by atoms with Crippen molar-refractivity contribution in [2.45, 2.75) is 26.4 Å². The minimum absolute atomic E-state index is 0.0115. The zero-order valence-electron chi connectivity index (χ0n) is 15.0. The third kappa shape index (κ3) is 4.33. The largest absolute Gasteiger partial charge is 0.464 e. The molecule has 0 fully saturated rings. The molecule has 1 N–H and O–H groups in total. The Morgan fingerprint density at radius 3 is 2.85 bits per heavy atom. The Hall–Kier alpha value is -3.59. The van der Waals surface area contributed by atoms with Crippen molar-refractivity contribution in [2.24, 2.45) is 0 Å². The summed E-state index contributed by atoms with van der Waals surface area (Å²) in [6.45, 7) is 3.46. The van der Waals surface area contributed by atoms with Crippen LogP contribution in [0.5, 0.6) is 0 Å². The van der Waals surface area contributed by atoms with Gasteiger partial charge in [-0.1, -0.05) is 18.2 Å². The Bertz CT molecular complexity index is 1050. The van der Waals surface area contributed by atoms with Crippen LogP contribution in [0.1, 0.15) is 23.6 Å². The predicted octanol–water partition coefficient (Wildman–Crippen LogP) is 3.73. The number of rotatable bonds is 5. The number of nitrogens with one attached hydrogen (secondary N) is 1. The Morgan fingerprint density at radius 2 is 2.07 bits per heavy atom. The first-order chi connectivity index (χ1) is 13.0. The molecule has 1 heterocycles. The Morgan fingerprint density at radius 1 is 1.26 bits per heavy atom. The second kappa shape index (κ2) is 7.75. The number of esters is 1. The number of ether oxygens (including phenoxy) is 1. The van der Waals surface area contributed by atoms with E-state index in [9.17, 15) is 9.59 Å². The quantitative estimate of drug-likeness (QED) is 0.698. The van der Waals surface area contributed by atoms with Crippen molar-refractivity contribution in [2.75, 3.05) is 5.32 Å². The average Bonchev–Trinajstić information content (AvgIpc) is 3.03. The van der Waals surface area contributed by atoms with E-state index in [1.165, 1.54) is 13.2 Å². The molecule has 1 atom stereocenters. The maximum atomic E-state index is 12.2. The van der Waals surface area contributed by atoms with Crippen LogP contribution in [0.25, 0.3) is 11.0 Å². The van der Waals surface area contributed by atoms with E-state index in [0.717, 1.165) is 10.9 Å². The number of fused-ring (bicyclic) bond motifs is 1. The van der Waals surface area contributed by atoms with Crippen LogP contribution >= 0.6 is 0 Å². The van der Waals surface area contributed by atoms with Gasteiger partial charge in [0.2, 0.25) is 0 Å². The van der Waals surface area contributed by atoms with Gasteiger partial charge in [0, 0.05) is 16.6 Å². The topological polar surface area (TPSA) is 92.3 Å². The van der Waals surface area contributed by atoms with E-state index in [4.69, 9.17) is 14.4 Å². The number of carbonyl (C=O) groups excluding carboxylic acids is 2. The van der Waals surface area contributed by atoms with Crippen LogP contribution in [0.15, 0.2) is 53.1 Å². The van der Waals surface area contributed by atoms with E-state index in [2.05, 4.69) is 5.32 Å². The summed E-state index contributed by atoms with van der Waals surface area (Å²) in [6.07, 6.45) is 0.574. The maximum absolute atomic E-state index is 12.2. The smallest absolute Gasteiger partial charge is 0.311 e. The first-order valence-electron chi connectivity index (χ1n) is 8.43. The van der Waals surface area contributed by atoms with Gasteiger partial charge in [-0.25, -0.2) is 0 Å². The number of amides is 1. The minimum atomic E-state index is -0.969. The summed E-state index contributed by atoms with van der Waals surface area (Å²) < 4.78 is 10.7. The van der Waals surface area contributed by atoms with Gasteiger partial charge in [-0.2, -0.15) is 5.26 Å². The van der Waals surface area contributed by atoms with E-state index < -0.39 is 18.0 Å².